The largest absolute Gasteiger partial charge is 0.488 e. The fourth-order valence-corrected chi connectivity index (χ4v) is 1.45. The van der Waals surface area contributed by atoms with E-state index < -0.39 is 22.1 Å². The summed E-state index contributed by atoms with van der Waals surface area (Å²) in [5.74, 6) is -1.57. The Morgan fingerprint density at radius 2 is 2.00 bits per heavy atom. The third-order valence-electron chi connectivity index (χ3n) is 1.08. The van der Waals surface area contributed by atoms with Gasteiger partial charge in [-0.3, -0.25) is 0 Å². The normalized spacial score (nSPS) is 11.3. The predicted molar refractivity (Wildman–Crippen MR) is 49.8 cm³/mol. The van der Waals surface area contributed by atoms with E-state index in [9.17, 15) is 16.7 Å². The van der Waals surface area contributed by atoms with Crippen LogP contribution in [-0.4, -0.2) is 8.42 Å². The van der Waals surface area contributed by atoms with Crippen molar-refractivity contribution in [1.82, 2.24) is 0 Å². The summed E-state index contributed by atoms with van der Waals surface area (Å²) in [6.07, 6.45) is 0. The van der Waals surface area contributed by atoms with Crippen molar-refractivity contribution < 1.29 is 20.9 Å². The Morgan fingerprint density at radius 3 is 2.54 bits per heavy atom. The maximum absolute atomic E-state index is 12.7. The fraction of sp³-hybridized carbons (Fsp3) is 0. The van der Waals surface area contributed by atoms with Crippen LogP contribution in [0, 0.1) is 9.39 Å². The van der Waals surface area contributed by atoms with Gasteiger partial charge >= 0.3 is 10.5 Å². The lowest BCUT2D eigenvalue weighted by Gasteiger charge is -2.01. The van der Waals surface area contributed by atoms with Crippen molar-refractivity contribution >= 4 is 33.1 Å². The lowest BCUT2D eigenvalue weighted by atomic mass is 10.3. The van der Waals surface area contributed by atoms with Crippen LogP contribution >= 0.6 is 22.6 Å². The lowest BCUT2D eigenvalue weighted by molar-refractivity contribution is 0.423. The quantitative estimate of drug-likeness (QED) is 0.619. The Bertz CT molecular complexity index is 418. The summed E-state index contributed by atoms with van der Waals surface area (Å²) in [6, 6.07) is 3.46. The minimum absolute atomic E-state index is 0.539. The van der Waals surface area contributed by atoms with Gasteiger partial charge in [0.05, 0.1) is 0 Å². The van der Waals surface area contributed by atoms with Gasteiger partial charge in [-0.25, -0.2) is 4.39 Å². The van der Waals surface area contributed by atoms with Crippen molar-refractivity contribution in [1.29, 1.82) is 0 Å². The first-order valence-corrected chi connectivity index (χ1v) is 5.36. The Labute approximate surface area is 87.3 Å². The Balaban J connectivity index is 3.08. The second kappa shape index (κ2) is 3.74. The topological polar surface area (TPSA) is 43.4 Å². The van der Waals surface area contributed by atoms with Gasteiger partial charge in [0.25, 0.3) is 0 Å². The van der Waals surface area contributed by atoms with Crippen LogP contribution in [0.2, 0.25) is 0 Å². The Kier molecular flexibility index (Phi) is 3.06. The molecule has 0 aliphatic rings. The zero-order valence-electron chi connectivity index (χ0n) is 6.00. The van der Waals surface area contributed by atoms with E-state index in [0.29, 0.717) is 3.57 Å². The maximum atomic E-state index is 12.7. The molecule has 0 N–H and O–H groups in total. The average molecular weight is 320 g/mol. The molecule has 0 unspecified atom stereocenters. The number of hydrogen-bond donors (Lipinski definition) is 0. The monoisotopic (exact) mass is 320 g/mol. The minimum Gasteiger partial charge on any atom is -0.355 e. The van der Waals surface area contributed by atoms with Crippen LogP contribution < -0.4 is 4.18 Å². The molecular formula is C6H3F2IO3S. The van der Waals surface area contributed by atoms with Crippen LogP contribution in [0.25, 0.3) is 0 Å². The second-order valence-electron chi connectivity index (χ2n) is 2.05. The molecule has 1 aromatic carbocycles. The molecular weight excluding hydrogens is 317 g/mol. The molecule has 13 heavy (non-hydrogen) atoms. The SMILES string of the molecule is O=S(=O)(F)Oc1cc(I)ccc1F. The van der Waals surface area contributed by atoms with E-state index in [1.807, 2.05) is 22.6 Å². The zero-order chi connectivity index (χ0) is 10.1. The Hall–Kier alpha value is -0.440. The number of rotatable bonds is 2. The molecule has 1 aromatic rings. The molecule has 0 amide bonds. The van der Waals surface area contributed by atoms with E-state index in [2.05, 4.69) is 4.18 Å². The van der Waals surface area contributed by atoms with Crippen LogP contribution in [-0.2, 0) is 10.5 Å². The highest BCUT2D eigenvalue weighted by Gasteiger charge is 2.13. The van der Waals surface area contributed by atoms with Gasteiger partial charge < -0.3 is 4.18 Å². The molecule has 7 heteroatoms. The van der Waals surface area contributed by atoms with Gasteiger partial charge in [0.1, 0.15) is 0 Å². The molecule has 0 saturated carbocycles. The van der Waals surface area contributed by atoms with Gasteiger partial charge in [-0.1, -0.05) is 3.89 Å². The van der Waals surface area contributed by atoms with Crippen molar-refractivity contribution in [3.63, 3.8) is 0 Å². The summed E-state index contributed by atoms with van der Waals surface area (Å²) < 4.78 is 49.0. The lowest BCUT2D eigenvalue weighted by Crippen LogP contribution is -2.02. The zero-order valence-corrected chi connectivity index (χ0v) is 8.97. The van der Waals surface area contributed by atoms with Crippen molar-refractivity contribution in [2.75, 3.05) is 0 Å². The number of benzene rings is 1. The summed E-state index contributed by atoms with van der Waals surface area (Å²) in [5, 5.41) is 0. The highest BCUT2D eigenvalue weighted by Crippen LogP contribution is 2.21. The standard InChI is InChI=1S/C6H3F2IO3S/c7-5-2-1-4(9)3-6(5)12-13(8,10)11/h1-3H. The fourth-order valence-electron chi connectivity index (χ4n) is 0.648. The molecule has 0 aliphatic heterocycles. The van der Waals surface area contributed by atoms with Crippen LogP contribution in [0.1, 0.15) is 0 Å². The van der Waals surface area contributed by atoms with E-state index in [1.165, 1.54) is 6.07 Å². The first kappa shape index (κ1) is 10.6. The molecule has 0 atom stereocenters. The van der Waals surface area contributed by atoms with Gasteiger partial charge in [0.15, 0.2) is 11.6 Å². The highest BCUT2D eigenvalue weighted by atomic mass is 127. The summed E-state index contributed by atoms with van der Waals surface area (Å²) >= 11 is 1.81. The highest BCUT2D eigenvalue weighted by molar-refractivity contribution is 14.1. The first-order valence-electron chi connectivity index (χ1n) is 2.97. The van der Waals surface area contributed by atoms with Crippen molar-refractivity contribution in [3.8, 4) is 5.75 Å². The van der Waals surface area contributed by atoms with Crippen LogP contribution in [0.3, 0.4) is 0 Å². The van der Waals surface area contributed by atoms with Crippen molar-refractivity contribution in [2.24, 2.45) is 0 Å². The van der Waals surface area contributed by atoms with E-state index in [0.717, 1.165) is 12.1 Å². The van der Waals surface area contributed by atoms with Crippen LogP contribution in [0.5, 0.6) is 5.75 Å². The second-order valence-corrected chi connectivity index (χ2v) is 4.25. The molecule has 0 spiro atoms. The van der Waals surface area contributed by atoms with E-state index >= 15 is 0 Å². The molecule has 0 bridgehead atoms. The van der Waals surface area contributed by atoms with Gasteiger partial charge in [0.2, 0.25) is 0 Å². The summed E-state index contributed by atoms with van der Waals surface area (Å²) in [4.78, 5) is 0. The number of halogens is 3. The first-order chi connectivity index (χ1) is 5.88. The van der Waals surface area contributed by atoms with E-state index in [4.69, 9.17) is 0 Å². The molecule has 0 radical (unpaired) electrons. The van der Waals surface area contributed by atoms with Crippen LogP contribution in [0.15, 0.2) is 18.2 Å². The third-order valence-corrected chi connectivity index (χ3v) is 2.13. The third kappa shape index (κ3) is 3.43. The van der Waals surface area contributed by atoms with Gasteiger partial charge in [-0.2, -0.15) is 8.42 Å². The number of hydrogen-bond acceptors (Lipinski definition) is 3. The van der Waals surface area contributed by atoms with E-state index in [-0.39, 0.29) is 0 Å². The molecule has 0 saturated heterocycles. The molecule has 1 rings (SSSR count). The average Bonchev–Trinajstić information content (AvgIpc) is 1.94. The molecule has 0 aliphatic carbocycles. The molecule has 72 valence electrons. The molecule has 0 aromatic heterocycles. The molecule has 3 nitrogen and oxygen atoms in total. The molecule has 0 heterocycles. The van der Waals surface area contributed by atoms with Gasteiger partial charge in [-0.05, 0) is 40.8 Å². The van der Waals surface area contributed by atoms with E-state index in [1.54, 1.807) is 0 Å². The van der Waals surface area contributed by atoms with Crippen LogP contribution in [0.4, 0.5) is 8.28 Å². The minimum atomic E-state index is -5.16. The van der Waals surface area contributed by atoms with Gasteiger partial charge in [-0.15, -0.1) is 0 Å². The van der Waals surface area contributed by atoms with Crippen molar-refractivity contribution in [3.05, 3.63) is 27.6 Å². The summed E-state index contributed by atoms with van der Waals surface area (Å²) in [6.45, 7) is 0. The summed E-state index contributed by atoms with van der Waals surface area (Å²) in [7, 11) is -5.16. The predicted octanol–water partition coefficient (Wildman–Crippen LogP) is 2.02. The molecule has 0 fully saturated rings. The summed E-state index contributed by atoms with van der Waals surface area (Å²) in [5.41, 5.74) is 0. The smallest absolute Gasteiger partial charge is 0.355 e. The Morgan fingerprint density at radius 1 is 1.38 bits per heavy atom. The van der Waals surface area contributed by atoms with Crippen molar-refractivity contribution in [2.45, 2.75) is 0 Å². The maximum Gasteiger partial charge on any atom is 0.488 e. The van der Waals surface area contributed by atoms with Gasteiger partial charge in [0, 0.05) is 3.57 Å².